The van der Waals surface area contributed by atoms with Crippen molar-refractivity contribution in [3.63, 3.8) is 0 Å². The highest BCUT2D eigenvalue weighted by molar-refractivity contribution is 5.87. The fraction of sp³-hybridized carbons (Fsp3) is 0.440. The second-order valence-corrected chi connectivity index (χ2v) is 8.71. The predicted octanol–water partition coefficient (Wildman–Crippen LogP) is 5.52. The largest absolute Gasteiger partial charge is 0.357 e. The van der Waals surface area contributed by atoms with Gasteiger partial charge in [-0.15, -0.1) is 0 Å². The Morgan fingerprint density at radius 1 is 1.21 bits per heavy atom. The summed E-state index contributed by atoms with van der Waals surface area (Å²) in [5, 5.41) is 5.38. The normalized spacial score (nSPS) is 21.9. The van der Waals surface area contributed by atoms with Crippen LogP contribution in [0.5, 0.6) is 0 Å². The molecular weight excluding hydrogens is 342 g/mol. The van der Waals surface area contributed by atoms with E-state index in [9.17, 15) is 0 Å². The second kappa shape index (κ2) is 6.97. The van der Waals surface area contributed by atoms with Crippen LogP contribution in [0.2, 0.25) is 0 Å². The van der Waals surface area contributed by atoms with Gasteiger partial charge in [-0.25, -0.2) is 0 Å². The van der Waals surface area contributed by atoms with Gasteiger partial charge in [0.2, 0.25) is 0 Å². The van der Waals surface area contributed by atoms with Crippen LogP contribution in [0.1, 0.15) is 60.9 Å². The number of aromatic nitrogens is 2. The fourth-order valence-electron chi connectivity index (χ4n) is 5.44. The van der Waals surface area contributed by atoms with E-state index >= 15 is 0 Å². The third kappa shape index (κ3) is 2.84. The first kappa shape index (κ1) is 17.8. The van der Waals surface area contributed by atoms with E-state index in [0.717, 1.165) is 25.9 Å². The number of rotatable bonds is 3. The third-order valence-electron chi connectivity index (χ3n) is 6.73. The highest BCUT2D eigenvalue weighted by atomic mass is 15.0. The maximum atomic E-state index is 3.92. The monoisotopic (exact) mass is 373 g/mol. The molecule has 0 amide bonds. The van der Waals surface area contributed by atoms with Gasteiger partial charge in [0.15, 0.2) is 0 Å². The Labute approximate surface area is 168 Å². The average Bonchev–Trinajstić information content (AvgIpc) is 3.22. The molecule has 4 heterocycles. The molecule has 0 saturated heterocycles. The lowest BCUT2D eigenvalue weighted by atomic mass is 9.80. The molecule has 1 N–H and O–H groups in total. The first-order valence-corrected chi connectivity index (χ1v) is 10.8. The van der Waals surface area contributed by atoms with Crippen LogP contribution in [-0.4, -0.2) is 15.2 Å². The smallest absolute Gasteiger partial charge is 0.0486 e. The molecule has 0 fully saturated rings. The van der Waals surface area contributed by atoms with E-state index < -0.39 is 0 Å². The van der Waals surface area contributed by atoms with Gasteiger partial charge < -0.3 is 14.5 Å². The Bertz CT molecular complexity index is 1050. The van der Waals surface area contributed by atoms with Crippen molar-refractivity contribution in [2.45, 2.75) is 64.6 Å². The first-order chi connectivity index (χ1) is 13.7. The number of fused-ring (bicyclic) bond motifs is 3. The molecular formula is C25H31N3. The highest BCUT2D eigenvalue weighted by Crippen LogP contribution is 2.43. The van der Waals surface area contributed by atoms with Crippen molar-refractivity contribution < 1.29 is 0 Å². The van der Waals surface area contributed by atoms with Crippen molar-refractivity contribution in [1.29, 1.82) is 0 Å². The number of hydrogen-bond donors (Lipinski definition) is 1. The summed E-state index contributed by atoms with van der Waals surface area (Å²) in [6, 6.07) is 9.85. The van der Waals surface area contributed by atoms with Crippen LogP contribution < -0.4 is 5.32 Å². The van der Waals surface area contributed by atoms with Gasteiger partial charge in [-0.1, -0.05) is 31.1 Å². The molecule has 0 spiro atoms. The summed E-state index contributed by atoms with van der Waals surface area (Å²) in [7, 11) is 2.12. The summed E-state index contributed by atoms with van der Waals surface area (Å²) in [6.45, 7) is 6.62. The predicted molar refractivity (Wildman–Crippen MR) is 118 cm³/mol. The van der Waals surface area contributed by atoms with E-state index in [0.29, 0.717) is 12.0 Å². The van der Waals surface area contributed by atoms with Gasteiger partial charge in [0, 0.05) is 61.1 Å². The molecule has 146 valence electrons. The molecule has 28 heavy (non-hydrogen) atoms. The first-order valence-electron chi connectivity index (χ1n) is 10.8. The van der Waals surface area contributed by atoms with Crippen LogP contribution in [0.25, 0.3) is 16.5 Å². The SMILES string of the molecule is CCCC1NCc2c3n(c4ccc(C)cc24)CCC=C(c2ccn(C)c2)CC31. The van der Waals surface area contributed by atoms with E-state index in [1.165, 1.54) is 40.4 Å². The zero-order valence-corrected chi connectivity index (χ0v) is 17.3. The Hall–Kier alpha value is -2.26. The second-order valence-electron chi connectivity index (χ2n) is 8.71. The lowest BCUT2D eigenvalue weighted by Crippen LogP contribution is -2.40. The molecule has 0 saturated carbocycles. The van der Waals surface area contributed by atoms with Crippen molar-refractivity contribution in [2.24, 2.45) is 7.05 Å². The molecule has 2 aromatic heterocycles. The number of nitrogens with one attached hydrogen (secondary N) is 1. The molecule has 2 aliphatic rings. The minimum absolute atomic E-state index is 0.545. The van der Waals surface area contributed by atoms with Gasteiger partial charge in [0.1, 0.15) is 0 Å². The lowest BCUT2D eigenvalue weighted by molar-refractivity contribution is 0.365. The molecule has 0 radical (unpaired) electrons. The Kier molecular flexibility index (Phi) is 4.43. The van der Waals surface area contributed by atoms with Crippen LogP contribution >= 0.6 is 0 Å². The van der Waals surface area contributed by atoms with Crippen molar-refractivity contribution in [3.05, 3.63) is 65.1 Å². The summed E-state index contributed by atoms with van der Waals surface area (Å²) in [4.78, 5) is 0. The van der Waals surface area contributed by atoms with Gasteiger partial charge >= 0.3 is 0 Å². The summed E-state index contributed by atoms with van der Waals surface area (Å²) in [6.07, 6.45) is 11.6. The summed E-state index contributed by atoms with van der Waals surface area (Å²) < 4.78 is 4.82. The molecule has 0 bridgehead atoms. The van der Waals surface area contributed by atoms with Gasteiger partial charge in [-0.05, 0) is 61.1 Å². The minimum atomic E-state index is 0.545. The molecule has 3 aromatic rings. The van der Waals surface area contributed by atoms with Crippen molar-refractivity contribution >= 4 is 16.5 Å². The number of hydrogen-bond acceptors (Lipinski definition) is 1. The number of aryl methyl sites for hydroxylation is 3. The van der Waals surface area contributed by atoms with Gasteiger partial charge in [0.25, 0.3) is 0 Å². The van der Waals surface area contributed by atoms with Crippen LogP contribution in [0.3, 0.4) is 0 Å². The topological polar surface area (TPSA) is 21.9 Å². The lowest BCUT2D eigenvalue weighted by Gasteiger charge is -2.36. The van der Waals surface area contributed by atoms with Crippen LogP contribution in [0.15, 0.2) is 42.7 Å². The maximum Gasteiger partial charge on any atom is 0.0486 e. The zero-order valence-electron chi connectivity index (χ0n) is 17.3. The zero-order chi connectivity index (χ0) is 19.3. The summed E-state index contributed by atoms with van der Waals surface area (Å²) in [5.74, 6) is 0.545. The minimum Gasteiger partial charge on any atom is -0.357 e. The Morgan fingerprint density at radius 3 is 2.89 bits per heavy atom. The van der Waals surface area contributed by atoms with E-state index in [1.54, 1.807) is 11.3 Å². The molecule has 1 aromatic carbocycles. The number of allylic oxidation sites excluding steroid dienone is 2. The molecule has 2 atom stereocenters. The van der Waals surface area contributed by atoms with E-state index in [2.05, 4.69) is 78.1 Å². The molecule has 3 heteroatoms. The van der Waals surface area contributed by atoms with Crippen molar-refractivity contribution in [2.75, 3.05) is 0 Å². The Morgan fingerprint density at radius 2 is 2.11 bits per heavy atom. The molecule has 5 rings (SSSR count). The average molecular weight is 374 g/mol. The van der Waals surface area contributed by atoms with Crippen LogP contribution in [0.4, 0.5) is 0 Å². The van der Waals surface area contributed by atoms with E-state index in [4.69, 9.17) is 0 Å². The maximum absolute atomic E-state index is 3.92. The molecule has 2 unspecified atom stereocenters. The molecule has 0 aliphatic carbocycles. The third-order valence-corrected chi connectivity index (χ3v) is 6.73. The Balaban J connectivity index is 1.66. The standard InChI is InChI=1S/C25H31N3/c1-4-6-23-21-14-18(19-10-12-27(3)16-19)7-5-11-28-24-9-8-17(2)13-20(24)22(15-26-23)25(21)28/h7-10,12-13,16,21,23,26H,4-6,11,14-15H2,1-3H3. The van der Waals surface area contributed by atoms with Crippen LogP contribution in [-0.2, 0) is 20.1 Å². The molecule has 2 aliphatic heterocycles. The number of benzene rings is 1. The van der Waals surface area contributed by atoms with Crippen molar-refractivity contribution in [1.82, 2.24) is 14.5 Å². The van der Waals surface area contributed by atoms with Crippen LogP contribution in [0, 0.1) is 6.92 Å². The van der Waals surface area contributed by atoms with E-state index in [1.807, 2.05) is 0 Å². The summed E-state index contributed by atoms with van der Waals surface area (Å²) in [5.41, 5.74) is 8.86. The van der Waals surface area contributed by atoms with Gasteiger partial charge in [0.05, 0.1) is 0 Å². The van der Waals surface area contributed by atoms with Crippen molar-refractivity contribution in [3.8, 4) is 0 Å². The fourth-order valence-corrected chi connectivity index (χ4v) is 5.44. The quantitative estimate of drug-likeness (QED) is 0.641. The van der Waals surface area contributed by atoms with Gasteiger partial charge in [-0.3, -0.25) is 0 Å². The summed E-state index contributed by atoms with van der Waals surface area (Å²) >= 11 is 0. The van der Waals surface area contributed by atoms with Gasteiger partial charge in [-0.2, -0.15) is 0 Å². The highest BCUT2D eigenvalue weighted by Gasteiger charge is 2.35. The van der Waals surface area contributed by atoms with E-state index in [-0.39, 0.29) is 0 Å². The molecule has 3 nitrogen and oxygen atoms in total. The number of nitrogens with zero attached hydrogens (tertiary/aromatic N) is 2.